The zero-order valence-corrected chi connectivity index (χ0v) is 11.9. The van der Waals surface area contributed by atoms with Crippen molar-refractivity contribution >= 4 is 11.6 Å². The van der Waals surface area contributed by atoms with Crippen molar-refractivity contribution in [2.24, 2.45) is 0 Å². The summed E-state index contributed by atoms with van der Waals surface area (Å²) in [6, 6.07) is 10.7. The number of benzene rings is 1. The number of carbonyl (C=O) groups excluding carboxylic acids is 1. The minimum atomic E-state index is -0.168. The topological polar surface area (TPSA) is 77.5 Å². The maximum atomic E-state index is 11.6. The number of hydrogen-bond acceptors (Lipinski definition) is 4. The summed E-state index contributed by atoms with van der Waals surface area (Å²) < 4.78 is 10.6. The van der Waals surface area contributed by atoms with Gasteiger partial charge in [0.25, 0.3) is 5.91 Å². The average Bonchev–Trinajstić information content (AvgIpc) is 3.02. The average molecular weight is 288 g/mol. The van der Waals surface area contributed by atoms with E-state index in [1.54, 1.807) is 12.1 Å². The normalized spacial score (nSPS) is 10.3. The van der Waals surface area contributed by atoms with Gasteiger partial charge in [0.15, 0.2) is 5.76 Å². The van der Waals surface area contributed by atoms with Gasteiger partial charge in [-0.05, 0) is 55.7 Å². The van der Waals surface area contributed by atoms with Crippen LogP contribution >= 0.6 is 0 Å². The highest BCUT2D eigenvalue weighted by molar-refractivity contribution is 5.91. The van der Waals surface area contributed by atoms with E-state index in [-0.39, 0.29) is 5.91 Å². The van der Waals surface area contributed by atoms with Gasteiger partial charge >= 0.3 is 0 Å². The van der Waals surface area contributed by atoms with Crippen LogP contribution in [0.5, 0.6) is 5.75 Å². The molecule has 1 heterocycles. The number of anilines is 1. The molecule has 5 nitrogen and oxygen atoms in total. The van der Waals surface area contributed by atoms with Crippen molar-refractivity contribution in [2.45, 2.75) is 19.3 Å². The number of rotatable bonds is 8. The molecule has 21 heavy (non-hydrogen) atoms. The van der Waals surface area contributed by atoms with Crippen LogP contribution in [0.15, 0.2) is 47.1 Å². The second-order valence-electron chi connectivity index (χ2n) is 4.71. The first kappa shape index (κ1) is 15.0. The summed E-state index contributed by atoms with van der Waals surface area (Å²) in [6.45, 7) is 1.30. The predicted molar refractivity (Wildman–Crippen MR) is 81.2 cm³/mol. The summed E-state index contributed by atoms with van der Waals surface area (Å²) >= 11 is 0. The lowest BCUT2D eigenvalue weighted by Gasteiger charge is -2.06. The number of nitrogens with one attached hydrogen (secondary N) is 1. The zero-order valence-electron chi connectivity index (χ0n) is 11.9. The first-order chi connectivity index (χ1) is 10.3. The molecule has 1 aromatic carbocycles. The van der Waals surface area contributed by atoms with Gasteiger partial charge in [-0.15, -0.1) is 0 Å². The molecule has 0 saturated heterocycles. The van der Waals surface area contributed by atoms with E-state index >= 15 is 0 Å². The molecule has 0 spiro atoms. The Labute approximate surface area is 124 Å². The molecule has 0 radical (unpaired) electrons. The van der Waals surface area contributed by atoms with E-state index in [0.29, 0.717) is 18.9 Å². The summed E-state index contributed by atoms with van der Waals surface area (Å²) in [5, 5.41) is 2.81. The molecule has 2 rings (SSSR count). The van der Waals surface area contributed by atoms with Crippen LogP contribution < -0.4 is 15.8 Å². The number of nitrogen functional groups attached to an aromatic ring is 1. The Balaban J connectivity index is 1.50. The van der Waals surface area contributed by atoms with Crippen LogP contribution in [0.25, 0.3) is 0 Å². The Morgan fingerprint density at radius 2 is 1.95 bits per heavy atom. The monoisotopic (exact) mass is 288 g/mol. The van der Waals surface area contributed by atoms with Crippen molar-refractivity contribution in [3.8, 4) is 5.75 Å². The first-order valence-electron chi connectivity index (χ1n) is 7.06. The fourth-order valence-electron chi connectivity index (χ4n) is 1.85. The van der Waals surface area contributed by atoms with E-state index in [1.807, 2.05) is 24.3 Å². The molecule has 1 amide bonds. The molecule has 0 unspecified atom stereocenters. The molecular formula is C16H20N2O3. The van der Waals surface area contributed by atoms with E-state index < -0.39 is 0 Å². The molecule has 5 heteroatoms. The minimum absolute atomic E-state index is 0.168. The van der Waals surface area contributed by atoms with Gasteiger partial charge in [-0.25, -0.2) is 0 Å². The SMILES string of the molecule is Nc1ccc(OCCCCCNC(=O)c2ccco2)cc1. The van der Waals surface area contributed by atoms with Crippen LogP contribution in [0.1, 0.15) is 29.8 Å². The molecule has 0 saturated carbocycles. The second kappa shape index (κ2) is 7.99. The minimum Gasteiger partial charge on any atom is -0.494 e. The fourth-order valence-corrected chi connectivity index (χ4v) is 1.85. The van der Waals surface area contributed by atoms with Crippen LogP contribution in [-0.4, -0.2) is 19.1 Å². The number of nitrogens with two attached hydrogens (primary N) is 1. The number of hydrogen-bond donors (Lipinski definition) is 2. The first-order valence-corrected chi connectivity index (χ1v) is 7.06. The van der Waals surface area contributed by atoms with Crippen LogP contribution in [0, 0.1) is 0 Å². The third-order valence-electron chi connectivity index (χ3n) is 3.00. The Bertz CT molecular complexity index is 535. The molecular weight excluding hydrogens is 268 g/mol. The van der Waals surface area contributed by atoms with Crippen molar-refractivity contribution in [1.29, 1.82) is 0 Å². The van der Waals surface area contributed by atoms with Crippen LogP contribution in [-0.2, 0) is 0 Å². The summed E-state index contributed by atoms with van der Waals surface area (Å²) in [4.78, 5) is 11.6. The Morgan fingerprint density at radius 3 is 2.67 bits per heavy atom. The van der Waals surface area contributed by atoms with Gasteiger partial charge in [0.05, 0.1) is 12.9 Å². The molecule has 0 fully saturated rings. The van der Waals surface area contributed by atoms with Crippen molar-refractivity contribution in [2.75, 3.05) is 18.9 Å². The van der Waals surface area contributed by atoms with Gasteiger partial charge in [0.2, 0.25) is 0 Å². The highest BCUT2D eigenvalue weighted by Gasteiger charge is 2.06. The third-order valence-corrected chi connectivity index (χ3v) is 3.00. The zero-order chi connectivity index (χ0) is 14.9. The van der Waals surface area contributed by atoms with E-state index in [1.165, 1.54) is 6.26 Å². The van der Waals surface area contributed by atoms with E-state index in [9.17, 15) is 4.79 Å². The Morgan fingerprint density at radius 1 is 1.14 bits per heavy atom. The molecule has 0 aliphatic carbocycles. The highest BCUT2D eigenvalue weighted by atomic mass is 16.5. The lowest BCUT2D eigenvalue weighted by molar-refractivity contribution is 0.0925. The summed E-state index contributed by atoms with van der Waals surface area (Å²) in [5.41, 5.74) is 6.33. The molecule has 3 N–H and O–H groups in total. The quantitative estimate of drug-likeness (QED) is 0.578. The van der Waals surface area contributed by atoms with Gasteiger partial charge < -0.3 is 20.2 Å². The van der Waals surface area contributed by atoms with Crippen LogP contribution in [0.4, 0.5) is 5.69 Å². The summed E-state index contributed by atoms with van der Waals surface area (Å²) in [5.74, 6) is 1.01. The predicted octanol–water partition coefficient (Wildman–Crippen LogP) is 2.84. The molecule has 112 valence electrons. The Kier molecular flexibility index (Phi) is 5.70. The van der Waals surface area contributed by atoms with Gasteiger partial charge in [-0.2, -0.15) is 0 Å². The van der Waals surface area contributed by atoms with Gasteiger partial charge in [-0.1, -0.05) is 0 Å². The third kappa shape index (κ3) is 5.22. The maximum Gasteiger partial charge on any atom is 0.286 e. The largest absolute Gasteiger partial charge is 0.494 e. The van der Waals surface area contributed by atoms with Crippen LogP contribution in [0.3, 0.4) is 0 Å². The molecule has 2 aromatic rings. The molecule has 0 aliphatic rings. The van der Waals surface area contributed by atoms with Crippen molar-refractivity contribution in [3.05, 3.63) is 48.4 Å². The summed E-state index contributed by atoms with van der Waals surface area (Å²) in [6.07, 6.45) is 4.34. The number of furan rings is 1. The Hall–Kier alpha value is -2.43. The number of unbranched alkanes of at least 4 members (excludes halogenated alkanes) is 2. The molecule has 0 bridgehead atoms. The van der Waals surface area contributed by atoms with E-state index in [2.05, 4.69) is 5.32 Å². The highest BCUT2D eigenvalue weighted by Crippen LogP contribution is 2.13. The van der Waals surface area contributed by atoms with Crippen LogP contribution in [0.2, 0.25) is 0 Å². The van der Waals surface area contributed by atoms with Crippen molar-refractivity contribution in [1.82, 2.24) is 5.32 Å². The standard InChI is InChI=1S/C16H20N2O3/c17-13-6-8-14(9-7-13)20-11-3-1-2-10-18-16(19)15-5-4-12-21-15/h4-9,12H,1-3,10-11,17H2,(H,18,19). The number of ether oxygens (including phenoxy) is 1. The van der Waals surface area contributed by atoms with Crippen molar-refractivity contribution < 1.29 is 13.9 Å². The molecule has 1 aromatic heterocycles. The van der Waals surface area contributed by atoms with Gasteiger partial charge in [0, 0.05) is 12.2 Å². The lowest BCUT2D eigenvalue weighted by Crippen LogP contribution is -2.23. The van der Waals surface area contributed by atoms with E-state index in [0.717, 1.165) is 30.7 Å². The lowest BCUT2D eigenvalue weighted by atomic mass is 10.2. The molecule has 0 atom stereocenters. The van der Waals surface area contributed by atoms with Crippen molar-refractivity contribution in [3.63, 3.8) is 0 Å². The second-order valence-corrected chi connectivity index (χ2v) is 4.71. The van der Waals surface area contributed by atoms with E-state index in [4.69, 9.17) is 14.9 Å². The molecule has 0 aliphatic heterocycles. The number of amides is 1. The maximum absolute atomic E-state index is 11.6. The smallest absolute Gasteiger partial charge is 0.286 e. The summed E-state index contributed by atoms with van der Waals surface area (Å²) in [7, 11) is 0. The van der Waals surface area contributed by atoms with Gasteiger partial charge in [-0.3, -0.25) is 4.79 Å². The number of carbonyl (C=O) groups is 1. The fraction of sp³-hybridized carbons (Fsp3) is 0.312. The van der Waals surface area contributed by atoms with Gasteiger partial charge in [0.1, 0.15) is 5.75 Å².